The zero-order valence-electron chi connectivity index (χ0n) is 21.2. The van der Waals surface area contributed by atoms with Gasteiger partial charge in [-0.25, -0.2) is 4.79 Å². The number of esters is 1. The summed E-state index contributed by atoms with van der Waals surface area (Å²) in [5.41, 5.74) is -1.86. The Morgan fingerprint density at radius 2 is 1.86 bits per heavy atom. The first-order chi connectivity index (χ1) is 16.4. The monoisotopic (exact) mass is 488 g/mol. The number of carbonyl (C=O) groups excluding carboxylic acids is 2. The summed E-state index contributed by atoms with van der Waals surface area (Å²) in [5, 5.41) is 42.9. The summed E-state index contributed by atoms with van der Waals surface area (Å²) in [6.07, 6.45) is 4.62. The summed E-state index contributed by atoms with van der Waals surface area (Å²) in [5.74, 6) is 0.0915. The minimum atomic E-state index is -1.87. The molecule has 4 N–H and O–H groups in total. The maximum Gasteiger partial charge on any atom is 0.336 e. The molecule has 7 heteroatoms. The van der Waals surface area contributed by atoms with Crippen LogP contribution in [0.2, 0.25) is 0 Å². The lowest BCUT2D eigenvalue weighted by Crippen LogP contribution is -2.73. The van der Waals surface area contributed by atoms with Gasteiger partial charge in [0.05, 0.1) is 23.7 Å². The van der Waals surface area contributed by atoms with Gasteiger partial charge in [0.15, 0.2) is 5.78 Å². The molecule has 35 heavy (non-hydrogen) atoms. The van der Waals surface area contributed by atoms with E-state index < -0.39 is 29.2 Å². The number of ketones is 1. The Morgan fingerprint density at radius 3 is 2.51 bits per heavy atom. The minimum Gasteiger partial charge on any atom is -0.458 e. The smallest absolute Gasteiger partial charge is 0.336 e. The third kappa shape index (κ3) is 3.17. The average molecular weight is 489 g/mol. The van der Waals surface area contributed by atoms with E-state index in [-0.39, 0.29) is 47.6 Å². The molecule has 3 fully saturated rings. The van der Waals surface area contributed by atoms with Gasteiger partial charge >= 0.3 is 5.97 Å². The van der Waals surface area contributed by atoms with E-state index in [0.29, 0.717) is 24.3 Å². The molecule has 0 spiro atoms. The lowest BCUT2D eigenvalue weighted by Gasteiger charge is -2.63. The predicted molar refractivity (Wildman–Crippen MR) is 128 cm³/mol. The van der Waals surface area contributed by atoms with Crippen molar-refractivity contribution in [2.75, 3.05) is 6.61 Å². The van der Waals surface area contributed by atoms with E-state index in [2.05, 4.69) is 13.8 Å². The Morgan fingerprint density at radius 1 is 1.14 bits per heavy atom. The largest absolute Gasteiger partial charge is 0.458 e. The third-order valence-corrected chi connectivity index (χ3v) is 11.4. The molecule has 0 amide bonds. The summed E-state index contributed by atoms with van der Waals surface area (Å²) in [6, 6.07) is 0. The molecule has 3 saturated carbocycles. The van der Waals surface area contributed by atoms with E-state index >= 15 is 0 Å². The first kappa shape index (κ1) is 25.1. The van der Waals surface area contributed by atoms with E-state index in [0.717, 1.165) is 31.3 Å². The number of hydrogen-bond donors (Lipinski definition) is 4. The normalized spacial score (nSPS) is 50.3. The molecule has 0 radical (unpaired) electrons. The van der Waals surface area contributed by atoms with Crippen molar-refractivity contribution < 1.29 is 34.8 Å². The molecular weight excluding hydrogens is 448 g/mol. The van der Waals surface area contributed by atoms with Crippen LogP contribution in [0.5, 0.6) is 0 Å². The molecule has 11 atom stereocenters. The topological polar surface area (TPSA) is 124 Å². The summed E-state index contributed by atoms with van der Waals surface area (Å²) in [7, 11) is 0. The zero-order valence-corrected chi connectivity index (χ0v) is 21.2. The summed E-state index contributed by atoms with van der Waals surface area (Å²) in [6.45, 7) is 7.83. The number of ether oxygens (including phenoxy) is 1. The van der Waals surface area contributed by atoms with Crippen LogP contribution in [-0.4, -0.2) is 62.7 Å². The Kier molecular flexibility index (Phi) is 5.91. The van der Waals surface area contributed by atoms with Crippen molar-refractivity contribution in [1.82, 2.24) is 0 Å². The highest BCUT2D eigenvalue weighted by atomic mass is 16.5. The SMILES string of the molecule is CC1=C(CO)C(=O)O[C@H]([C@H](C)[C@@H]2CC[C@@H]3[C@H]4C[C@@H](O)[C@@]5(O)[C@H](O)C=CC(=O)[C@@]5(C)[C@@H]4CC[C@]32C)C1. The molecule has 5 aliphatic rings. The van der Waals surface area contributed by atoms with Crippen molar-refractivity contribution in [3.63, 3.8) is 0 Å². The van der Waals surface area contributed by atoms with E-state index in [1.807, 2.05) is 6.92 Å². The van der Waals surface area contributed by atoms with Gasteiger partial charge in [-0.2, -0.15) is 0 Å². The van der Waals surface area contributed by atoms with Crippen LogP contribution < -0.4 is 0 Å². The van der Waals surface area contributed by atoms with Crippen molar-refractivity contribution in [2.24, 2.45) is 40.4 Å². The molecule has 0 aromatic carbocycles. The van der Waals surface area contributed by atoms with E-state index in [9.17, 15) is 30.0 Å². The number of hydrogen-bond acceptors (Lipinski definition) is 7. The Hall–Kier alpha value is -1.54. The Labute approximate surface area is 207 Å². The second kappa shape index (κ2) is 8.23. The molecule has 0 bridgehead atoms. The molecule has 0 aromatic rings. The fraction of sp³-hybridized carbons (Fsp3) is 0.786. The fourth-order valence-corrected chi connectivity index (χ4v) is 9.30. The van der Waals surface area contributed by atoms with E-state index in [1.165, 1.54) is 12.2 Å². The molecule has 4 aliphatic carbocycles. The van der Waals surface area contributed by atoms with Crippen LogP contribution in [0.25, 0.3) is 0 Å². The highest BCUT2D eigenvalue weighted by Crippen LogP contribution is 2.68. The standard InChI is InChI=1S/C28H40O7/c1-14-11-21(35-25(33)17(14)13-29)15(2)18-5-6-19-16-12-24(32)28(34)23(31)8-7-22(30)27(28,4)20(16)9-10-26(18,19)3/h7-8,15-16,18-21,23-24,29,31-32,34H,5-6,9-13H2,1-4H3/t15-,16-,18+,19-,20-,21+,23-,24-,26+,27-,28+/m1/s1. The number of cyclic esters (lactones) is 1. The molecule has 0 aromatic heterocycles. The second-order valence-corrected chi connectivity index (χ2v) is 12.5. The number of allylic oxidation sites excluding steroid dienone is 1. The molecule has 194 valence electrons. The molecule has 5 rings (SSSR count). The van der Waals surface area contributed by atoms with Crippen LogP contribution in [0.3, 0.4) is 0 Å². The highest BCUT2D eigenvalue weighted by molar-refractivity contribution is 5.97. The number of rotatable bonds is 3. The van der Waals surface area contributed by atoms with Crippen molar-refractivity contribution in [1.29, 1.82) is 0 Å². The van der Waals surface area contributed by atoms with Gasteiger partial charge in [-0.1, -0.05) is 19.4 Å². The van der Waals surface area contributed by atoms with Crippen molar-refractivity contribution in [3.05, 3.63) is 23.3 Å². The average Bonchev–Trinajstić information content (AvgIpc) is 3.16. The number of fused-ring (bicyclic) bond motifs is 5. The quantitative estimate of drug-likeness (QED) is 0.450. The molecule has 7 nitrogen and oxygen atoms in total. The van der Waals surface area contributed by atoms with Gasteiger partial charge in [0.2, 0.25) is 0 Å². The minimum absolute atomic E-state index is 0.0282. The number of aliphatic hydroxyl groups excluding tert-OH is 3. The van der Waals surface area contributed by atoms with Crippen molar-refractivity contribution in [2.45, 2.75) is 90.1 Å². The molecule has 1 heterocycles. The summed E-state index contributed by atoms with van der Waals surface area (Å²) < 4.78 is 5.80. The fourth-order valence-electron chi connectivity index (χ4n) is 9.30. The molecule has 0 saturated heterocycles. The van der Waals surface area contributed by atoms with Gasteiger partial charge in [-0.15, -0.1) is 0 Å². The molecule has 1 aliphatic heterocycles. The van der Waals surface area contributed by atoms with Gasteiger partial charge in [-0.3, -0.25) is 4.79 Å². The van der Waals surface area contributed by atoms with Gasteiger partial charge in [0.1, 0.15) is 17.8 Å². The maximum absolute atomic E-state index is 13.2. The van der Waals surface area contributed by atoms with Crippen LogP contribution in [0, 0.1) is 40.4 Å². The lowest BCUT2D eigenvalue weighted by molar-refractivity contribution is -0.258. The first-order valence-corrected chi connectivity index (χ1v) is 13.2. The van der Waals surface area contributed by atoms with Gasteiger partial charge in [0.25, 0.3) is 0 Å². The Bertz CT molecular complexity index is 986. The van der Waals surface area contributed by atoms with Crippen LogP contribution in [0.15, 0.2) is 23.3 Å². The van der Waals surface area contributed by atoms with Gasteiger partial charge in [-0.05, 0) is 93.1 Å². The third-order valence-electron chi connectivity index (χ3n) is 11.4. The molecular formula is C28H40O7. The maximum atomic E-state index is 13.2. The zero-order chi connectivity index (χ0) is 25.5. The van der Waals surface area contributed by atoms with Crippen LogP contribution in [-0.2, 0) is 14.3 Å². The van der Waals surface area contributed by atoms with Gasteiger partial charge < -0.3 is 25.2 Å². The van der Waals surface area contributed by atoms with Crippen LogP contribution in [0.4, 0.5) is 0 Å². The summed E-state index contributed by atoms with van der Waals surface area (Å²) in [4.78, 5) is 25.7. The van der Waals surface area contributed by atoms with Gasteiger partial charge in [0, 0.05) is 6.42 Å². The molecule has 0 unspecified atom stereocenters. The van der Waals surface area contributed by atoms with Crippen molar-refractivity contribution in [3.8, 4) is 0 Å². The predicted octanol–water partition coefficient (Wildman–Crippen LogP) is 2.31. The van der Waals surface area contributed by atoms with E-state index in [4.69, 9.17) is 4.74 Å². The second-order valence-electron chi connectivity index (χ2n) is 12.5. The van der Waals surface area contributed by atoms with E-state index in [1.54, 1.807) is 6.92 Å². The first-order valence-electron chi connectivity index (χ1n) is 13.2. The number of carbonyl (C=O) groups is 2. The number of aliphatic hydroxyl groups is 4. The Balaban J connectivity index is 1.43. The highest BCUT2D eigenvalue weighted by Gasteiger charge is 2.71. The van der Waals surface area contributed by atoms with Crippen molar-refractivity contribution >= 4 is 11.8 Å². The van der Waals surface area contributed by atoms with Crippen LogP contribution in [0.1, 0.15) is 66.2 Å². The summed E-state index contributed by atoms with van der Waals surface area (Å²) >= 11 is 0. The van der Waals surface area contributed by atoms with Crippen LogP contribution >= 0.6 is 0 Å². The lowest BCUT2D eigenvalue weighted by atomic mass is 9.42.